The third kappa shape index (κ3) is 4.03. The van der Waals surface area contributed by atoms with E-state index in [1.165, 1.54) is 0 Å². The van der Waals surface area contributed by atoms with Crippen molar-refractivity contribution in [1.29, 1.82) is 0 Å². The molecule has 0 bridgehead atoms. The maximum Gasteiger partial charge on any atom is 0.187 e. The molecule has 0 aliphatic carbocycles. The van der Waals surface area contributed by atoms with E-state index in [1.54, 1.807) is 30.3 Å². The van der Waals surface area contributed by atoms with Gasteiger partial charge in [-0.1, -0.05) is 29.8 Å². The van der Waals surface area contributed by atoms with Crippen LogP contribution in [0.2, 0.25) is 0 Å². The summed E-state index contributed by atoms with van der Waals surface area (Å²) in [6.07, 6.45) is 1.69. The molecule has 0 aromatic heterocycles. The number of ether oxygens (including phenoxy) is 1. The van der Waals surface area contributed by atoms with E-state index >= 15 is 0 Å². The lowest BCUT2D eigenvalue weighted by Gasteiger charge is -2.04. The van der Waals surface area contributed by atoms with Crippen LogP contribution in [0.4, 0.5) is 5.69 Å². The minimum atomic E-state index is 0.302. The fourth-order valence-electron chi connectivity index (χ4n) is 0.956. The molecule has 0 saturated heterocycles. The Kier molecular flexibility index (Phi) is 4.69. The molecular formula is C11H11ClN2O. The second-order valence-electron chi connectivity index (χ2n) is 2.78. The summed E-state index contributed by atoms with van der Waals surface area (Å²) in [6.45, 7) is 7.48. The molecular weight excluding hydrogens is 212 g/mol. The van der Waals surface area contributed by atoms with Crippen molar-refractivity contribution in [3.63, 3.8) is 0 Å². The van der Waals surface area contributed by atoms with E-state index in [9.17, 15) is 0 Å². The predicted octanol–water partition coefficient (Wildman–Crippen LogP) is 2.70. The van der Waals surface area contributed by atoms with Crippen LogP contribution >= 0.6 is 11.6 Å². The molecule has 0 saturated carbocycles. The van der Waals surface area contributed by atoms with Crippen molar-refractivity contribution in [2.45, 2.75) is 0 Å². The van der Waals surface area contributed by atoms with Gasteiger partial charge < -0.3 is 10.5 Å². The standard InChI is InChI=1S/C11H11ClN2O/c1-14-10-2-4-11(5-3-10)15-8-9(12)6-7-13/h2-6H,7-8,13H2/b9-6+. The second-order valence-corrected chi connectivity index (χ2v) is 3.27. The van der Waals surface area contributed by atoms with Crippen LogP contribution in [0.5, 0.6) is 5.75 Å². The van der Waals surface area contributed by atoms with E-state index in [-0.39, 0.29) is 0 Å². The Balaban J connectivity index is 2.52. The molecule has 1 aromatic rings. The highest BCUT2D eigenvalue weighted by Gasteiger charge is 1.96. The summed E-state index contributed by atoms with van der Waals surface area (Å²) in [5, 5.41) is 0.576. The van der Waals surface area contributed by atoms with Crippen LogP contribution < -0.4 is 10.5 Å². The molecule has 4 heteroatoms. The zero-order chi connectivity index (χ0) is 11.1. The molecule has 0 aliphatic heterocycles. The Morgan fingerprint density at radius 3 is 2.67 bits per heavy atom. The zero-order valence-corrected chi connectivity index (χ0v) is 8.87. The van der Waals surface area contributed by atoms with Gasteiger partial charge in [0.05, 0.1) is 11.6 Å². The van der Waals surface area contributed by atoms with Gasteiger partial charge in [0.1, 0.15) is 12.4 Å². The van der Waals surface area contributed by atoms with Crippen LogP contribution in [-0.4, -0.2) is 13.2 Å². The van der Waals surface area contributed by atoms with Gasteiger partial charge in [0.25, 0.3) is 0 Å². The van der Waals surface area contributed by atoms with E-state index in [0.29, 0.717) is 29.6 Å². The molecule has 15 heavy (non-hydrogen) atoms. The van der Waals surface area contributed by atoms with Crippen LogP contribution in [0.3, 0.4) is 0 Å². The van der Waals surface area contributed by atoms with Crippen molar-refractivity contribution in [2.75, 3.05) is 13.2 Å². The van der Waals surface area contributed by atoms with Crippen molar-refractivity contribution in [3.8, 4) is 5.75 Å². The fourth-order valence-corrected chi connectivity index (χ4v) is 1.10. The zero-order valence-electron chi connectivity index (χ0n) is 8.11. The van der Waals surface area contributed by atoms with Gasteiger partial charge in [-0.2, -0.15) is 0 Å². The summed E-state index contributed by atoms with van der Waals surface area (Å²) in [5.74, 6) is 0.686. The maximum atomic E-state index is 6.78. The van der Waals surface area contributed by atoms with E-state index in [1.807, 2.05) is 0 Å². The van der Waals surface area contributed by atoms with Gasteiger partial charge in [-0.05, 0) is 12.1 Å². The lowest BCUT2D eigenvalue weighted by atomic mass is 10.3. The second kappa shape index (κ2) is 6.07. The molecule has 0 amide bonds. The quantitative estimate of drug-likeness (QED) is 0.796. The van der Waals surface area contributed by atoms with Crippen LogP contribution in [0.25, 0.3) is 4.85 Å². The SMILES string of the molecule is [C-]#[N+]c1ccc(OC/C(Cl)=C\CN)cc1. The van der Waals surface area contributed by atoms with Gasteiger partial charge in [-0.15, -0.1) is 0 Å². The van der Waals surface area contributed by atoms with E-state index in [2.05, 4.69) is 4.85 Å². The summed E-state index contributed by atoms with van der Waals surface area (Å²) in [5.41, 5.74) is 5.88. The molecule has 1 aromatic carbocycles. The minimum absolute atomic E-state index is 0.302. The van der Waals surface area contributed by atoms with Crippen molar-refractivity contribution < 1.29 is 4.74 Å². The summed E-state index contributed by atoms with van der Waals surface area (Å²) < 4.78 is 5.36. The lowest BCUT2D eigenvalue weighted by Crippen LogP contribution is -2.00. The number of hydrogen-bond donors (Lipinski definition) is 1. The molecule has 2 N–H and O–H groups in total. The van der Waals surface area contributed by atoms with Crippen molar-refractivity contribution in [1.82, 2.24) is 0 Å². The Hall–Kier alpha value is -1.50. The molecule has 0 radical (unpaired) electrons. The molecule has 0 unspecified atom stereocenters. The smallest absolute Gasteiger partial charge is 0.187 e. The van der Waals surface area contributed by atoms with Gasteiger partial charge in [-0.25, -0.2) is 4.85 Å². The van der Waals surface area contributed by atoms with Crippen LogP contribution in [0.1, 0.15) is 0 Å². The van der Waals surface area contributed by atoms with Gasteiger partial charge in [0.15, 0.2) is 5.69 Å². The topological polar surface area (TPSA) is 39.6 Å². The first-order valence-electron chi connectivity index (χ1n) is 4.41. The van der Waals surface area contributed by atoms with E-state index in [4.69, 9.17) is 28.6 Å². The van der Waals surface area contributed by atoms with Gasteiger partial charge in [0.2, 0.25) is 0 Å². The molecule has 0 heterocycles. The van der Waals surface area contributed by atoms with Crippen LogP contribution in [-0.2, 0) is 0 Å². The summed E-state index contributed by atoms with van der Waals surface area (Å²) in [7, 11) is 0. The lowest BCUT2D eigenvalue weighted by molar-refractivity contribution is 0.359. The fraction of sp³-hybridized carbons (Fsp3) is 0.182. The predicted molar refractivity (Wildman–Crippen MR) is 61.2 cm³/mol. The third-order valence-corrected chi connectivity index (χ3v) is 1.95. The molecule has 0 atom stereocenters. The van der Waals surface area contributed by atoms with Crippen molar-refractivity contribution >= 4 is 17.3 Å². The first-order chi connectivity index (χ1) is 7.26. The molecule has 1 rings (SSSR count). The van der Waals surface area contributed by atoms with Gasteiger partial charge >= 0.3 is 0 Å². The average molecular weight is 223 g/mol. The van der Waals surface area contributed by atoms with Crippen molar-refractivity contribution in [2.24, 2.45) is 5.73 Å². The molecule has 78 valence electrons. The molecule has 0 fully saturated rings. The molecule has 0 spiro atoms. The minimum Gasteiger partial charge on any atom is -0.488 e. The monoisotopic (exact) mass is 222 g/mol. The number of halogens is 1. The summed E-state index contributed by atoms with van der Waals surface area (Å²) >= 11 is 5.80. The molecule has 0 aliphatic rings. The third-order valence-electron chi connectivity index (χ3n) is 1.68. The Bertz CT molecular complexity index is 379. The largest absolute Gasteiger partial charge is 0.488 e. The Morgan fingerprint density at radius 1 is 1.47 bits per heavy atom. The maximum absolute atomic E-state index is 6.78. The number of rotatable bonds is 4. The summed E-state index contributed by atoms with van der Waals surface area (Å²) in [4.78, 5) is 3.28. The summed E-state index contributed by atoms with van der Waals surface area (Å²) in [6, 6.07) is 6.87. The van der Waals surface area contributed by atoms with Crippen LogP contribution in [0.15, 0.2) is 35.4 Å². The van der Waals surface area contributed by atoms with Crippen LogP contribution in [0, 0.1) is 6.57 Å². The highest BCUT2D eigenvalue weighted by Crippen LogP contribution is 2.18. The Labute approximate surface area is 93.9 Å². The van der Waals surface area contributed by atoms with E-state index in [0.717, 1.165) is 0 Å². The highest BCUT2D eigenvalue weighted by atomic mass is 35.5. The van der Waals surface area contributed by atoms with Crippen molar-refractivity contribution in [3.05, 3.63) is 46.8 Å². The van der Waals surface area contributed by atoms with Gasteiger partial charge in [-0.3, -0.25) is 0 Å². The normalized spacial score (nSPS) is 10.9. The molecule has 3 nitrogen and oxygen atoms in total. The highest BCUT2D eigenvalue weighted by molar-refractivity contribution is 6.29. The first-order valence-corrected chi connectivity index (χ1v) is 4.79. The number of benzene rings is 1. The Morgan fingerprint density at radius 2 is 2.13 bits per heavy atom. The first kappa shape index (κ1) is 11.6. The number of nitrogens with zero attached hydrogens (tertiary/aromatic N) is 1. The average Bonchev–Trinajstić information content (AvgIpc) is 2.27. The van der Waals surface area contributed by atoms with Gasteiger partial charge in [0, 0.05) is 6.54 Å². The number of hydrogen-bond acceptors (Lipinski definition) is 2. The van der Waals surface area contributed by atoms with E-state index < -0.39 is 0 Å². The number of nitrogens with two attached hydrogens (primary N) is 1.